The van der Waals surface area contributed by atoms with E-state index in [-0.39, 0.29) is 0 Å². The summed E-state index contributed by atoms with van der Waals surface area (Å²) >= 11 is 1.12. The summed E-state index contributed by atoms with van der Waals surface area (Å²) in [6.45, 7) is 0. The van der Waals surface area contributed by atoms with Crippen LogP contribution in [0.2, 0.25) is 0 Å². The molecule has 0 atom stereocenters. The topological polar surface area (TPSA) is 20.2 Å². The SMILES string of the molecule is Oc1cc[c]([SnH])cc1. The summed E-state index contributed by atoms with van der Waals surface area (Å²) in [4.78, 5) is 0. The number of hydrogen-bond acceptors (Lipinski definition) is 1. The van der Waals surface area contributed by atoms with Crippen molar-refractivity contribution in [3.05, 3.63) is 24.3 Å². The second kappa shape index (κ2) is 2.39. The molecule has 0 aliphatic carbocycles. The van der Waals surface area contributed by atoms with Crippen molar-refractivity contribution in [1.29, 1.82) is 0 Å². The van der Waals surface area contributed by atoms with Crippen molar-refractivity contribution in [2.24, 2.45) is 0 Å². The number of phenols is 1. The van der Waals surface area contributed by atoms with Crippen LogP contribution in [0.3, 0.4) is 0 Å². The molecule has 0 spiro atoms. The summed E-state index contributed by atoms with van der Waals surface area (Å²) in [6, 6.07) is 7.27. The number of rotatable bonds is 0. The molecule has 2 heteroatoms. The van der Waals surface area contributed by atoms with E-state index < -0.39 is 0 Å². The van der Waals surface area contributed by atoms with Gasteiger partial charge in [0, 0.05) is 0 Å². The van der Waals surface area contributed by atoms with E-state index in [9.17, 15) is 0 Å². The van der Waals surface area contributed by atoms with Gasteiger partial charge in [-0.05, 0) is 0 Å². The van der Waals surface area contributed by atoms with E-state index >= 15 is 0 Å². The van der Waals surface area contributed by atoms with E-state index in [1.165, 1.54) is 3.58 Å². The summed E-state index contributed by atoms with van der Waals surface area (Å²) in [7, 11) is 0. The Bertz CT molecular complexity index is 147. The Morgan fingerprint density at radius 2 is 1.62 bits per heavy atom. The Kier molecular flexibility index (Phi) is 1.78. The van der Waals surface area contributed by atoms with E-state index in [1.807, 2.05) is 12.1 Å². The molecule has 1 aromatic carbocycles. The Balaban J connectivity index is 3.03. The van der Waals surface area contributed by atoms with E-state index in [0.29, 0.717) is 5.75 Å². The van der Waals surface area contributed by atoms with Gasteiger partial charge in [-0.2, -0.15) is 0 Å². The minimum absolute atomic E-state index is 0.350. The van der Waals surface area contributed by atoms with Gasteiger partial charge in [0.15, 0.2) is 0 Å². The first-order valence-electron chi connectivity index (χ1n) is 2.33. The van der Waals surface area contributed by atoms with Gasteiger partial charge in [0.1, 0.15) is 0 Å². The van der Waals surface area contributed by atoms with Crippen molar-refractivity contribution in [3.63, 3.8) is 0 Å². The third-order valence-electron chi connectivity index (χ3n) is 0.893. The molecule has 0 unspecified atom stereocenters. The molecular formula is C6H6OSn. The Hall–Kier alpha value is -0.181. The van der Waals surface area contributed by atoms with E-state index in [4.69, 9.17) is 5.11 Å². The Morgan fingerprint density at radius 3 is 2.00 bits per heavy atom. The van der Waals surface area contributed by atoms with Gasteiger partial charge in [-0.1, -0.05) is 0 Å². The van der Waals surface area contributed by atoms with Crippen LogP contribution in [0.15, 0.2) is 24.3 Å². The molecule has 0 saturated carbocycles. The maximum absolute atomic E-state index is 8.77. The summed E-state index contributed by atoms with van der Waals surface area (Å²) < 4.78 is 1.30. The molecule has 1 nitrogen and oxygen atoms in total. The molecule has 0 aromatic heterocycles. The van der Waals surface area contributed by atoms with E-state index in [0.717, 1.165) is 22.5 Å². The molecule has 1 N–H and O–H groups in total. The second-order valence-electron chi connectivity index (χ2n) is 1.59. The summed E-state index contributed by atoms with van der Waals surface area (Å²) in [5, 5.41) is 8.77. The number of aromatic hydroxyl groups is 1. The van der Waals surface area contributed by atoms with Crippen LogP contribution < -0.4 is 3.58 Å². The first-order valence-corrected chi connectivity index (χ1v) is 3.98. The number of benzene rings is 1. The van der Waals surface area contributed by atoms with E-state index in [1.54, 1.807) is 12.1 Å². The van der Waals surface area contributed by atoms with Gasteiger partial charge < -0.3 is 0 Å². The average Bonchev–Trinajstić information content (AvgIpc) is 1.77. The fraction of sp³-hybridized carbons (Fsp3) is 0. The summed E-state index contributed by atoms with van der Waals surface area (Å²) in [6.07, 6.45) is 0. The molecule has 0 bridgehead atoms. The third kappa shape index (κ3) is 1.40. The number of phenolic OH excluding ortho intramolecular Hbond substituents is 1. The molecule has 0 aliphatic heterocycles. The van der Waals surface area contributed by atoms with Crippen molar-refractivity contribution in [2.45, 2.75) is 0 Å². The third-order valence-corrected chi connectivity index (χ3v) is 1.99. The Labute approximate surface area is 61.4 Å². The maximum atomic E-state index is 8.77. The standard InChI is InChI=1S/C6H5O.Sn.H/c7-6-4-2-1-3-5-6;;/h2-5,7H;;. The van der Waals surface area contributed by atoms with Gasteiger partial charge in [-0.15, -0.1) is 0 Å². The van der Waals surface area contributed by atoms with Gasteiger partial charge in [0.05, 0.1) is 0 Å². The van der Waals surface area contributed by atoms with Gasteiger partial charge in [0.25, 0.3) is 0 Å². The van der Waals surface area contributed by atoms with Crippen molar-refractivity contribution in [2.75, 3.05) is 0 Å². The van der Waals surface area contributed by atoms with E-state index in [2.05, 4.69) is 0 Å². The molecule has 0 fully saturated rings. The van der Waals surface area contributed by atoms with Crippen LogP contribution in [0.25, 0.3) is 0 Å². The van der Waals surface area contributed by atoms with Crippen LogP contribution >= 0.6 is 0 Å². The quantitative estimate of drug-likeness (QED) is 0.597. The van der Waals surface area contributed by atoms with Crippen LogP contribution in [0, 0.1) is 0 Å². The zero-order valence-electron chi connectivity index (χ0n) is 4.33. The first-order chi connectivity index (χ1) is 3.79. The molecule has 0 heterocycles. The van der Waals surface area contributed by atoms with Crippen LogP contribution in [0.4, 0.5) is 0 Å². The summed E-state index contributed by atoms with van der Waals surface area (Å²) in [5.41, 5.74) is 0. The second-order valence-corrected chi connectivity index (χ2v) is 3.49. The van der Waals surface area contributed by atoms with Gasteiger partial charge in [0.2, 0.25) is 0 Å². The van der Waals surface area contributed by atoms with Crippen LogP contribution in [0.1, 0.15) is 0 Å². The van der Waals surface area contributed by atoms with Gasteiger partial charge >= 0.3 is 61.2 Å². The zero-order chi connectivity index (χ0) is 5.98. The summed E-state index contributed by atoms with van der Waals surface area (Å²) in [5.74, 6) is 0.350. The fourth-order valence-electron chi connectivity index (χ4n) is 0.474. The zero-order valence-corrected chi connectivity index (χ0v) is 7.63. The molecule has 40 valence electrons. The normalized spacial score (nSPS) is 9.12. The van der Waals surface area contributed by atoms with Crippen molar-refractivity contribution < 1.29 is 5.11 Å². The molecule has 1 rings (SSSR count). The van der Waals surface area contributed by atoms with Crippen molar-refractivity contribution in [1.82, 2.24) is 0 Å². The van der Waals surface area contributed by atoms with Crippen LogP contribution in [0.5, 0.6) is 5.75 Å². The predicted molar refractivity (Wildman–Crippen MR) is 34.9 cm³/mol. The molecular weight excluding hydrogens is 207 g/mol. The first kappa shape index (κ1) is 5.95. The monoisotopic (exact) mass is 214 g/mol. The molecule has 1 aromatic rings. The van der Waals surface area contributed by atoms with Gasteiger partial charge in [-0.25, -0.2) is 0 Å². The number of hydrogen-bond donors (Lipinski definition) is 1. The van der Waals surface area contributed by atoms with Crippen LogP contribution in [-0.4, -0.2) is 27.6 Å². The molecule has 2 radical (unpaired) electrons. The fourth-order valence-corrected chi connectivity index (χ4v) is 1.02. The Morgan fingerprint density at radius 1 is 1.12 bits per heavy atom. The molecule has 0 amide bonds. The van der Waals surface area contributed by atoms with Gasteiger partial charge in [-0.3, -0.25) is 0 Å². The van der Waals surface area contributed by atoms with Crippen molar-refractivity contribution >= 4 is 26.1 Å². The minimum atomic E-state index is 0.350. The predicted octanol–water partition coefficient (Wildman–Crippen LogP) is -0.0817. The van der Waals surface area contributed by atoms with Crippen LogP contribution in [-0.2, 0) is 0 Å². The molecule has 0 aliphatic rings. The molecule has 0 saturated heterocycles. The average molecular weight is 213 g/mol. The molecule has 8 heavy (non-hydrogen) atoms. The van der Waals surface area contributed by atoms with Crippen molar-refractivity contribution in [3.8, 4) is 5.75 Å².